The predicted octanol–water partition coefficient (Wildman–Crippen LogP) is 2.41. The van der Waals surface area contributed by atoms with E-state index in [1.54, 1.807) is 36.7 Å². The van der Waals surface area contributed by atoms with Gasteiger partial charge in [-0.05, 0) is 17.2 Å². The zero-order chi connectivity index (χ0) is 13.0. The molecule has 18 heavy (non-hydrogen) atoms. The Kier molecular flexibility index (Phi) is 3.48. The van der Waals surface area contributed by atoms with E-state index in [1.165, 1.54) is 0 Å². The van der Waals surface area contributed by atoms with Gasteiger partial charge in [0, 0.05) is 18.0 Å². The van der Waals surface area contributed by atoms with Crippen LogP contribution in [0.3, 0.4) is 0 Å². The van der Waals surface area contributed by atoms with Crippen LogP contribution in [0.1, 0.15) is 16.8 Å². The summed E-state index contributed by atoms with van der Waals surface area (Å²) in [7, 11) is 0. The van der Waals surface area contributed by atoms with E-state index in [-0.39, 0.29) is 5.78 Å². The Morgan fingerprint density at radius 3 is 2.33 bits per heavy atom. The number of benzene rings is 1. The maximum Gasteiger partial charge on any atom is 0.311 e. The maximum atomic E-state index is 11.5. The summed E-state index contributed by atoms with van der Waals surface area (Å²) in [4.78, 5) is 26.0. The Bertz CT molecular complexity index is 561. The molecule has 0 spiro atoms. The molecular weight excluding hydrogens is 230 g/mol. The summed E-state index contributed by atoms with van der Waals surface area (Å²) in [6.45, 7) is 0. The molecule has 0 radical (unpaired) electrons. The average Bonchev–Trinajstić information content (AvgIpc) is 2.39. The summed E-state index contributed by atoms with van der Waals surface area (Å²) < 4.78 is 0. The van der Waals surface area contributed by atoms with Crippen LogP contribution in [0.2, 0.25) is 0 Å². The van der Waals surface area contributed by atoms with Crippen molar-refractivity contribution in [2.24, 2.45) is 0 Å². The van der Waals surface area contributed by atoms with Gasteiger partial charge in [0.15, 0.2) is 5.78 Å². The van der Waals surface area contributed by atoms with Crippen LogP contribution in [0.25, 0.3) is 11.1 Å². The molecule has 0 saturated heterocycles. The van der Waals surface area contributed by atoms with E-state index in [0.717, 1.165) is 11.1 Å². The molecule has 1 heterocycles. The van der Waals surface area contributed by atoms with Gasteiger partial charge in [0.25, 0.3) is 0 Å². The van der Waals surface area contributed by atoms with E-state index < -0.39 is 12.4 Å². The van der Waals surface area contributed by atoms with Gasteiger partial charge < -0.3 is 5.11 Å². The third kappa shape index (κ3) is 2.79. The lowest BCUT2D eigenvalue weighted by atomic mass is 10.0. The second-order valence-corrected chi connectivity index (χ2v) is 3.81. The van der Waals surface area contributed by atoms with Crippen molar-refractivity contribution in [1.82, 2.24) is 4.98 Å². The molecule has 1 aromatic carbocycles. The predicted molar refractivity (Wildman–Crippen MR) is 66.3 cm³/mol. The van der Waals surface area contributed by atoms with Crippen LogP contribution in [0.4, 0.5) is 0 Å². The zero-order valence-corrected chi connectivity index (χ0v) is 9.54. The number of aliphatic carboxylic acids is 1. The highest BCUT2D eigenvalue weighted by molar-refractivity contribution is 6.05. The number of carboxylic acid groups (broad SMARTS) is 1. The second kappa shape index (κ2) is 5.23. The molecule has 2 aromatic rings. The normalized spacial score (nSPS) is 10.0. The van der Waals surface area contributed by atoms with Gasteiger partial charge >= 0.3 is 5.97 Å². The minimum absolute atomic E-state index is 0.389. The fraction of sp³-hybridized carbons (Fsp3) is 0.0714. The van der Waals surface area contributed by atoms with Crippen molar-refractivity contribution in [1.29, 1.82) is 0 Å². The van der Waals surface area contributed by atoms with E-state index in [1.807, 2.05) is 12.1 Å². The molecule has 0 atom stereocenters. The number of aromatic nitrogens is 1. The number of carbonyl (C=O) groups excluding carboxylic acids is 1. The minimum atomic E-state index is -1.11. The van der Waals surface area contributed by atoms with Crippen LogP contribution in [0.15, 0.2) is 48.8 Å². The molecule has 4 nitrogen and oxygen atoms in total. The Balaban J connectivity index is 2.20. The lowest BCUT2D eigenvalue weighted by Gasteiger charge is -2.02. The summed E-state index contributed by atoms with van der Waals surface area (Å²) in [5.41, 5.74) is 2.30. The number of hydrogen-bond acceptors (Lipinski definition) is 3. The van der Waals surface area contributed by atoms with Gasteiger partial charge in [-0.25, -0.2) is 0 Å². The zero-order valence-electron chi connectivity index (χ0n) is 9.54. The molecule has 90 valence electrons. The number of carboxylic acids is 1. The van der Waals surface area contributed by atoms with E-state index in [0.29, 0.717) is 5.56 Å². The van der Waals surface area contributed by atoms with Crippen molar-refractivity contribution in [2.45, 2.75) is 6.42 Å². The molecule has 0 fully saturated rings. The van der Waals surface area contributed by atoms with Gasteiger partial charge in [-0.3, -0.25) is 14.6 Å². The number of rotatable bonds is 4. The highest BCUT2D eigenvalue weighted by Crippen LogP contribution is 2.18. The lowest BCUT2D eigenvalue weighted by molar-refractivity contribution is -0.135. The highest BCUT2D eigenvalue weighted by Gasteiger charge is 2.10. The third-order valence-corrected chi connectivity index (χ3v) is 2.51. The fourth-order valence-corrected chi connectivity index (χ4v) is 1.62. The van der Waals surface area contributed by atoms with Gasteiger partial charge in [-0.15, -0.1) is 0 Å². The standard InChI is InChI=1S/C14H11NO3/c16-13(8-14(17)18)11-5-3-10(4-6-11)12-2-1-7-15-9-12/h1-7,9H,8H2,(H,17,18). The van der Waals surface area contributed by atoms with E-state index in [4.69, 9.17) is 5.11 Å². The molecule has 0 saturated carbocycles. The van der Waals surface area contributed by atoms with E-state index in [2.05, 4.69) is 4.98 Å². The molecule has 2 rings (SSSR count). The van der Waals surface area contributed by atoms with Gasteiger partial charge in [-0.1, -0.05) is 30.3 Å². The molecular formula is C14H11NO3. The van der Waals surface area contributed by atoms with Crippen LogP contribution >= 0.6 is 0 Å². The SMILES string of the molecule is O=C(O)CC(=O)c1ccc(-c2cccnc2)cc1. The summed E-state index contributed by atoms with van der Waals surface area (Å²) in [6, 6.07) is 10.6. The molecule has 0 bridgehead atoms. The lowest BCUT2D eigenvalue weighted by Crippen LogP contribution is -2.06. The maximum absolute atomic E-state index is 11.5. The van der Waals surface area contributed by atoms with Crippen LogP contribution in [-0.2, 0) is 4.79 Å². The van der Waals surface area contributed by atoms with Crippen molar-refractivity contribution >= 4 is 11.8 Å². The Morgan fingerprint density at radius 1 is 1.06 bits per heavy atom. The quantitative estimate of drug-likeness (QED) is 0.659. The molecule has 1 aromatic heterocycles. The Labute approximate surface area is 104 Å². The van der Waals surface area contributed by atoms with Gasteiger partial charge in [-0.2, -0.15) is 0 Å². The third-order valence-electron chi connectivity index (χ3n) is 2.51. The van der Waals surface area contributed by atoms with Crippen molar-refractivity contribution in [3.05, 3.63) is 54.4 Å². The molecule has 0 aliphatic carbocycles. The van der Waals surface area contributed by atoms with Gasteiger partial charge in [0.05, 0.1) is 0 Å². The first-order valence-electron chi connectivity index (χ1n) is 5.42. The topological polar surface area (TPSA) is 67.3 Å². The number of carbonyl (C=O) groups is 2. The van der Waals surface area contributed by atoms with Crippen LogP contribution in [0.5, 0.6) is 0 Å². The van der Waals surface area contributed by atoms with Crippen molar-refractivity contribution < 1.29 is 14.7 Å². The van der Waals surface area contributed by atoms with Crippen molar-refractivity contribution in [2.75, 3.05) is 0 Å². The van der Waals surface area contributed by atoms with Gasteiger partial charge in [0.1, 0.15) is 6.42 Å². The molecule has 1 N–H and O–H groups in total. The van der Waals surface area contributed by atoms with Crippen molar-refractivity contribution in [3.63, 3.8) is 0 Å². The second-order valence-electron chi connectivity index (χ2n) is 3.81. The van der Waals surface area contributed by atoms with Crippen molar-refractivity contribution in [3.8, 4) is 11.1 Å². The van der Waals surface area contributed by atoms with Crippen LogP contribution < -0.4 is 0 Å². The summed E-state index contributed by atoms with van der Waals surface area (Å²) >= 11 is 0. The number of pyridine rings is 1. The highest BCUT2D eigenvalue weighted by atomic mass is 16.4. The first-order chi connectivity index (χ1) is 8.66. The van der Waals surface area contributed by atoms with Gasteiger partial charge in [0.2, 0.25) is 0 Å². The first kappa shape index (κ1) is 12.0. The summed E-state index contributed by atoms with van der Waals surface area (Å²) in [6.07, 6.45) is 2.94. The first-order valence-corrected chi connectivity index (χ1v) is 5.42. The molecule has 4 heteroatoms. The molecule has 0 aliphatic rings. The number of hydrogen-bond donors (Lipinski definition) is 1. The smallest absolute Gasteiger partial charge is 0.311 e. The van der Waals surface area contributed by atoms with E-state index in [9.17, 15) is 9.59 Å². The molecule has 0 unspecified atom stereocenters. The number of Topliss-reactive ketones (excluding diaryl/α,β-unsaturated/α-hetero) is 1. The fourth-order valence-electron chi connectivity index (χ4n) is 1.62. The number of nitrogens with zero attached hydrogens (tertiary/aromatic N) is 1. The number of ketones is 1. The van der Waals surface area contributed by atoms with E-state index >= 15 is 0 Å². The summed E-state index contributed by atoms with van der Waals surface area (Å²) in [5, 5.41) is 8.55. The average molecular weight is 241 g/mol. The molecule has 0 amide bonds. The minimum Gasteiger partial charge on any atom is -0.481 e. The Hall–Kier alpha value is -2.49. The largest absolute Gasteiger partial charge is 0.481 e. The summed E-state index contributed by atoms with van der Waals surface area (Å²) in [5.74, 6) is -1.50. The van der Waals surface area contributed by atoms with Crippen LogP contribution in [0, 0.1) is 0 Å². The Morgan fingerprint density at radius 2 is 1.78 bits per heavy atom. The van der Waals surface area contributed by atoms with Crippen LogP contribution in [-0.4, -0.2) is 21.8 Å². The monoisotopic (exact) mass is 241 g/mol. The molecule has 0 aliphatic heterocycles.